The molecule has 1 amide bonds. The second kappa shape index (κ2) is 8.53. The molecule has 0 bridgehead atoms. The molecule has 1 atom stereocenters. The van der Waals surface area contributed by atoms with Crippen LogP contribution in [0, 0.1) is 5.82 Å². The summed E-state index contributed by atoms with van der Waals surface area (Å²) in [5, 5.41) is 10.9. The number of hydrogen-bond acceptors (Lipinski definition) is 4. The van der Waals surface area contributed by atoms with Crippen molar-refractivity contribution in [1.29, 1.82) is 0 Å². The average molecular weight is 393 g/mol. The lowest BCUT2D eigenvalue weighted by molar-refractivity contribution is 0.0922. The Kier molecular flexibility index (Phi) is 5.67. The fraction of sp³-hybridized carbons (Fsp3) is 0.318. The lowest BCUT2D eigenvalue weighted by Crippen LogP contribution is -2.43. The molecular formula is C22H24FN5O. The smallest absolute Gasteiger partial charge is 0.273 e. The molecule has 4 rings (SSSR count). The molecule has 2 heterocycles. The molecular weight excluding hydrogens is 369 g/mol. The maximum Gasteiger partial charge on any atom is 0.273 e. The predicted octanol–water partition coefficient (Wildman–Crippen LogP) is 2.64. The van der Waals surface area contributed by atoms with Crippen LogP contribution in [0.25, 0.3) is 0 Å². The summed E-state index contributed by atoms with van der Waals surface area (Å²) in [5.74, 6) is -0.569. The van der Waals surface area contributed by atoms with Crippen LogP contribution in [0.5, 0.6) is 0 Å². The predicted molar refractivity (Wildman–Crippen MR) is 108 cm³/mol. The molecule has 2 aromatic carbocycles. The molecule has 0 saturated heterocycles. The molecule has 3 aromatic rings. The third kappa shape index (κ3) is 4.68. The molecule has 6 nitrogen and oxygen atoms in total. The Morgan fingerprint density at radius 1 is 1.17 bits per heavy atom. The van der Waals surface area contributed by atoms with Crippen LogP contribution in [0.3, 0.4) is 0 Å². The largest absolute Gasteiger partial charge is 0.347 e. The topological polar surface area (TPSA) is 63.1 Å². The van der Waals surface area contributed by atoms with Gasteiger partial charge >= 0.3 is 0 Å². The van der Waals surface area contributed by atoms with Gasteiger partial charge in [-0.1, -0.05) is 47.7 Å². The highest BCUT2D eigenvalue weighted by Gasteiger charge is 2.20. The molecule has 0 radical (unpaired) electrons. The first-order valence-corrected chi connectivity index (χ1v) is 9.82. The zero-order valence-electron chi connectivity index (χ0n) is 16.4. The molecule has 0 spiro atoms. The van der Waals surface area contributed by atoms with Crippen molar-refractivity contribution < 1.29 is 9.18 Å². The van der Waals surface area contributed by atoms with Crippen molar-refractivity contribution in [3.63, 3.8) is 0 Å². The first kappa shape index (κ1) is 19.3. The maximum absolute atomic E-state index is 13.8. The Morgan fingerprint density at radius 3 is 2.76 bits per heavy atom. The van der Waals surface area contributed by atoms with E-state index in [9.17, 15) is 9.18 Å². The van der Waals surface area contributed by atoms with Gasteiger partial charge in [0.05, 0.1) is 12.7 Å². The number of carbonyl (C=O) groups is 1. The molecule has 1 N–H and O–H groups in total. The molecule has 0 aliphatic carbocycles. The minimum Gasteiger partial charge on any atom is -0.347 e. The van der Waals surface area contributed by atoms with Crippen molar-refractivity contribution in [3.8, 4) is 0 Å². The van der Waals surface area contributed by atoms with Crippen molar-refractivity contribution >= 4 is 5.91 Å². The van der Waals surface area contributed by atoms with Gasteiger partial charge in [0.1, 0.15) is 5.82 Å². The first-order chi connectivity index (χ1) is 14.1. The van der Waals surface area contributed by atoms with E-state index in [2.05, 4.69) is 44.8 Å². The summed E-state index contributed by atoms with van der Waals surface area (Å²) < 4.78 is 15.3. The first-order valence-electron chi connectivity index (χ1n) is 9.82. The Labute approximate surface area is 169 Å². The molecule has 1 unspecified atom stereocenters. The number of aromatic nitrogens is 3. The van der Waals surface area contributed by atoms with E-state index in [-0.39, 0.29) is 30.0 Å². The van der Waals surface area contributed by atoms with Crippen LogP contribution in [0.1, 0.15) is 34.1 Å². The second-order valence-corrected chi connectivity index (χ2v) is 7.52. The normalized spacial score (nSPS) is 15.0. The summed E-state index contributed by atoms with van der Waals surface area (Å²) in [6.07, 6.45) is 2.58. The van der Waals surface area contributed by atoms with Gasteiger partial charge < -0.3 is 5.32 Å². The van der Waals surface area contributed by atoms with Gasteiger partial charge in [0.2, 0.25) is 0 Å². The highest BCUT2D eigenvalue weighted by molar-refractivity contribution is 5.92. The minimum atomic E-state index is -0.300. The van der Waals surface area contributed by atoms with E-state index in [1.165, 1.54) is 21.9 Å². The molecule has 7 heteroatoms. The molecule has 0 saturated carbocycles. The van der Waals surface area contributed by atoms with Gasteiger partial charge in [0.15, 0.2) is 5.69 Å². The lowest BCUT2D eigenvalue weighted by Gasteiger charge is -2.30. The molecule has 150 valence electrons. The van der Waals surface area contributed by atoms with E-state index < -0.39 is 0 Å². The SMILES string of the molecule is CC(CN1CCc2ccccc2C1)NC(=O)c1cn(Cc2ccccc2F)nn1. The summed E-state index contributed by atoms with van der Waals surface area (Å²) in [4.78, 5) is 14.9. The van der Waals surface area contributed by atoms with Gasteiger partial charge in [-0.15, -0.1) is 5.10 Å². The molecule has 1 aromatic heterocycles. The van der Waals surface area contributed by atoms with E-state index in [4.69, 9.17) is 0 Å². The second-order valence-electron chi connectivity index (χ2n) is 7.52. The fourth-order valence-corrected chi connectivity index (χ4v) is 3.72. The van der Waals surface area contributed by atoms with E-state index in [0.717, 1.165) is 26.1 Å². The molecule has 1 aliphatic rings. The molecule has 1 aliphatic heterocycles. The van der Waals surface area contributed by atoms with Gasteiger partial charge in [-0.25, -0.2) is 9.07 Å². The Morgan fingerprint density at radius 2 is 1.93 bits per heavy atom. The summed E-state index contributed by atoms with van der Waals surface area (Å²) >= 11 is 0. The van der Waals surface area contributed by atoms with Crippen molar-refractivity contribution in [2.75, 3.05) is 13.1 Å². The van der Waals surface area contributed by atoms with Crippen molar-refractivity contribution in [3.05, 3.63) is 82.9 Å². The van der Waals surface area contributed by atoms with Crippen molar-refractivity contribution in [2.45, 2.75) is 32.5 Å². The number of nitrogens with one attached hydrogen (secondary N) is 1. The van der Waals surface area contributed by atoms with Crippen molar-refractivity contribution in [1.82, 2.24) is 25.2 Å². The Balaban J connectivity index is 1.31. The summed E-state index contributed by atoms with van der Waals surface area (Å²) in [6, 6.07) is 15.0. The van der Waals surface area contributed by atoms with Crippen LogP contribution in [0.4, 0.5) is 4.39 Å². The molecule has 29 heavy (non-hydrogen) atoms. The van der Waals surface area contributed by atoms with Gasteiger partial charge in [0.25, 0.3) is 5.91 Å². The zero-order valence-corrected chi connectivity index (χ0v) is 16.4. The van der Waals surface area contributed by atoms with E-state index in [1.807, 2.05) is 6.92 Å². The van der Waals surface area contributed by atoms with Crippen LogP contribution in [0.15, 0.2) is 54.7 Å². The zero-order chi connectivity index (χ0) is 20.2. The van der Waals surface area contributed by atoms with Crippen LogP contribution in [-0.4, -0.2) is 44.9 Å². The van der Waals surface area contributed by atoms with Crippen LogP contribution in [0.2, 0.25) is 0 Å². The van der Waals surface area contributed by atoms with Gasteiger partial charge in [0, 0.05) is 31.2 Å². The van der Waals surface area contributed by atoms with Gasteiger partial charge in [-0.3, -0.25) is 9.69 Å². The average Bonchev–Trinajstić information content (AvgIpc) is 3.18. The van der Waals surface area contributed by atoms with Gasteiger partial charge in [-0.2, -0.15) is 0 Å². The van der Waals surface area contributed by atoms with Crippen LogP contribution >= 0.6 is 0 Å². The quantitative estimate of drug-likeness (QED) is 0.699. The van der Waals surface area contributed by atoms with Crippen molar-refractivity contribution in [2.24, 2.45) is 0 Å². The lowest BCUT2D eigenvalue weighted by atomic mass is 10.00. The summed E-state index contributed by atoms with van der Waals surface area (Å²) in [7, 11) is 0. The number of amides is 1. The Bertz CT molecular complexity index is 1000. The number of benzene rings is 2. The fourth-order valence-electron chi connectivity index (χ4n) is 3.72. The number of halogens is 1. The maximum atomic E-state index is 13.8. The number of hydrogen-bond donors (Lipinski definition) is 1. The number of nitrogens with zero attached hydrogens (tertiary/aromatic N) is 4. The minimum absolute atomic E-state index is 0.0236. The third-order valence-electron chi connectivity index (χ3n) is 5.18. The van der Waals surface area contributed by atoms with Gasteiger partial charge in [-0.05, 0) is 30.5 Å². The van der Waals surface area contributed by atoms with Crippen LogP contribution in [-0.2, 0) is 19.5 Å². The van der Waals surface area contributed by atoms with E-state index in [0.29, 0.717) is 5.56 Å². The third-order valence-corrected chi connectivity index (χ3v) is 5.18. The van der Waals surface area contributed by atoms with E-state index in [1.54, 1.807) is 24.4 Å². The highest BCUT2D eigenvalue weighted by atomic mass is 19.1. The van der Waals surface area contributed by atoms with Crippen LogP contribution < -0.4 is 5.32 Å². The molecule has 0 fully saturated rings. The monoisotopic (exact) mass is 393 g/mol. The number of fused-ring (bicyclic) bond motifs is 1. The number of carbonyl (C=O) groups excluding carboxylic acids is 1. The summed E-state index contributed by atoms with van der Waals surface area (Å²) in [6.45, 7) is 4.87. The van der Waals surface area contributed by atoms with E-state index >= 15 is 0 Å². The number of rotatable bonds is 6. The summed E-state index contributed by atoms with van der Waals surface area (Å²) in [5.41, 5.74) is 3.50. The highest BCUT2D eigenvalue weighted by Crippen LogP contribution is 2.18. The Hall–Kier alpha value is -3.06. The standard InChI is InChI=1S/C22H24FN5O/c1-16(12-27-11-10-17-6-2-3-7-18(17)13-27)24-22(29)21-15-28(26-25-21)14-19-8-4-5-9-20(19)23/h2-9,15-16H,10-14H2,1H3,(H,24,29).